The molecule has 160 valence electrons. The van der Waals surface area contributed by atoms with Crippen molar-refractivity contribution in [3.05, 3.63) is 54.1 Å². The number of carbonyl (C=O) groups is 1. The fraction of sp³-hybridized carbons (Fsp3) is 0.458. The number of aliphatic hydroxyl groups is 1. The summed E-state index contributed by atoms with van der Waals surface area (Å²) in [6.45, 7) is 3.58. The molecule has 0 radical (unpaired) electrons. The van der Waals surface area contributed by atoms with Gasteiger partial charge in [-0.3, -0.25) is 4.79 Å². The molecule has 30 heavy (non-hydrogen) atoms. The summed E-state index contributed by atoms with van der Waals surface area (Å²) in [5.41, 5.74) is 3.01. The fourth-order valence-corrected chi connectivity index (χ4v) is 4.29. The van der Waals surface area contributed by atoms with Gasteiger partial charge >= 0.3 is 0 Å². The average Bonchev–Trinajstić information content (AvgIpc) is 2.80. The zero-order chi connectivity index (χ0) is 20.9. The second-order valence-corrected chi connectivity index (χ2v) is 8.20. The van der Waals surface area contributed by atoms with E-state index in [1.165, 1.54) is 5.69 Å². The van der Waals surface area contributed by atoms with Gasteiger partial charge in [0.2, 0.25) is 0 Å². The van der Waals surface area contributed by atoms with Gasteiger partial charge in [0.1, 0.15) is 5.75 Å². The number of methoxy groups -OCH3 is 1. The first-order valence-electron chi connectivity index (χ1n) is 10.9. The molecule has 2 aromatic rings. The molecule has 2 saturated heterocycles. The zero-order valence-corrected chi connectivity index (χ0v) is 17.6. The van der Waals surface area contributed by atoms with E-state index < -0.39 is 0 Å². The van der Waals surface area contributed by atoms with Crippen molar-refractivity contribution >= 4 is 17.3 Å². The van der Waals surface area contributed by atoms with Gasteiger partial charge in [-0.05, 0) is 74.2 Å². The molecule has 2 N–H and O–H groups in total. The first kappa shape index (κ1) is 20.5. The van der Waals surface area contributed by atoms with Crippen molar-refractivity contribution in [2.75, 3.05) is 43.1 Å². The Balaban J connectivity index is 1.27. The SMILES string of the molecule is COc1ccc(N2CCC(NC(=O)c3ccc(N4CCC(O)CC4)cc3)CC2)cc1. The van der Waals surface area contributed by atoms with Crippen LogP contribution in [0.1, 0.15) is 36.0 Å². The lowest BCUT2D eigenvalue weighted by Gasteiger charge is -2.34. The van der Waals surface area contributed by atoms with Crippen molar-refractivity contribution < 1.29 is 14.6 Å². The molecular formula is C24H31N3O3. The Morgan fingerprint density at radius 3 is 1.90 bits per heavy atom. The minimum Gasteiger partial charge on any atom is -0.497 e. The van der Waals surface area contributed by atoms with Gasteiger partial charge in [-0.15, -0.1) is 0 Å². The molecule has 2 aliphatic rings. The third kappa shape index (κ3) is 4.87. The molecule has 2 aromatic carbocycles. The minimum atomic E-state index is -0.178. The number of amides is 1. The molecule has 0 unspecified atom stereocenters. The average molecular weight is 410 g/mol. The van der Waals surface area contributed by atoms with E-state index in [-0.39, 0.29) is 18.1 Å². The summed E-state index contributed by atoms with van der Waals surface area (Å²) in [7, 11) is 1.68. The summed E-state index contributed by atoms with van der Waals surface area (Å²) in [6.07, 6.45) is 3.30. The van der Waals surface area contributed by atoms with Gasteiger partial charge in [0, 0.05) is 49.2 Å². The van der Waals surface area contributed by atoms with Gasteiger partial charge in [-0.25, -0.2) is 0 Å². The lowest BCUT2D eigenvalue weighted by Crippen LogP contribution is -2.44. The predicted molar refractivity (Wildman–Crippen MR) is 120 cm³/mol. The van der Waals surface area contributed by atoms with Crippen LogP contribution in [0.4, 0.5) is 11.4 Å². The van der Waals surface area contributed by atoms with Crippen LogP contribution in [0.5, 0.6) is 5.75 Å². The molecule has 6 heteroatoms. The van der Waals surface area contributed by atoms with Gasteiger partial charge in [0.05, 0.1) is 13.2 Å². The number of anilines is 2. The largest absolute Gasteiger partial charge is 0.497 e. The fourth-order valence-electron chi connectivity index (χ4n) is 4.29. The molecule has 2 heterocycles. The number of aliphatic hydroxyl groups excluding tert-OH is 1. The van der Waals surface area contributed by atoms with Crippen molar-refractivity contribution in [1.29, 1.82) is 0 Å². The Morgan fingerprint density at radius 1 is 0.867 bits per heavy atom. The molecule has 1 amide bonds. The molecule has 0 spiro atoms. The Labute approximate surface area is 178 Å². The van der Waals surface area contributed by atoms with Crippen LogP contribution in [0.15, 0.2) is 48.5 Å². The molecule has 4 rings (SSSR count). The second kappa shape index (κ2) is 9.39. The molecule has 2 aliphatic heterocycles. The number of hydrogen-bond acceptors (Lipinski definition) is 5. The summed E-state index contributed by atoms with van der Waals surface area (Å²) in [5, 5.41) is 12.9. The summed E-state index contributed by atoms with van der Waals surface area (Å²) in [4.78, 5) is 17.3. The van der Waals surface area contributed by atoms with Crippen LogP contribution in [-0.4, -0.2) is 56.4 Å². The molecule has 0 bridgehead atoms. The number of nitrogens with zero attached hydrogens (tertiary/aromatic N) is 2. The van der Waals surface area contributed by atoms with E-state index in [1.54, 1.807) is 7.11 Å². The van der Waals surface area contributed by atoms with Crippen molar-refractivity contribution in [1.82, 2.24) is 5.32 Å². The number of hydrogen-bond donors (Lipinski definition) is 2. The normalized spacial score (nSPS) is 18.3. The number of benzene rings is 2. The Bertz CT molecular complexity index is 822. The third-order valence-electron chi connectivity index (χ3n) is 6.23. The zero-order valence-electron chi connectivity index (χ0n) is 17.6. The molecule has 2 fully saturated rings. The maximum atomic E-state index is 12.7. The Hall–Kier alpha value is -2.73. The summed E-state index contributed by atoms with van der Waals surface area (Å²) < 4.78 is 5.23. The summed E-state index contributed by atoms with van der Waals surface area (Å²) in [6, 6.07) is 16.2. The molecule has 0 saturated carbocycles. The van der Waals surface area contributed by atoms with Crippen LogP contribution in [0.25, 0.3) is 0 Å². The quantitative estimate of drug-likeness (QED) is 0.795. The van der Waals surface area contributed by atoms with Crippen LogP contribution in [0.2, 0.25) is 0 Å². The Kier molecular flexibility index (Phi) is 6.43. The highest BCUT2D eigenvalue weighted by Crippen LogP contribution is 2.24. The highest BCUT2D eigenvalue weighted by atomic mass is 16.5. The van der Waals surface area contributed by atoms with E-state index in [9.17, 15) is 9.90 Å². The van der Waals surface area contributed by atoms with Gasteiger partial charge in [0.25, 0.3) is 5.91 Å². The lowest BCUT2D eigenvalue weighted by molar-refractivity contribution is 0.0931. The molecule has 0 atom stereocenters. The van der Waals surface area contributed by atoms with E-state index in [4.69, 9.17) is 4.74 Å². The highest BCUT2D eigenvalue weighted by molar-refractivity contribution is 5.94. The number of piperidine rings is 2. The topological polar surface area (TPSA) is 65.0 Å². The first-order chi connectivity index (χ1) is 14.6. The molecule has 0 aliphatic carbocycles. The number of rotatable bonds is 5. The van der Waals surface area contributed by atoms with E-state index >= 15 is 0 Å². The van der Waals surface area contributed by atoms with Gasteiger partial charge < -0.3 is 25.0 Å². The van der Waals surface area contributed by atoms with Crippen molar-refractivity contribution in [2.45, 2.75) is 37.8 Å². The van der Waals surface area contributed by atoms with E-state index in [0.717, 1.165) is 63.3 Å². The van der Waals surface area contributed by atoms with Crippen molar-refractivity contribution in [3.63, 3.8) is 0 Å². The summed E-state index contributed by atoms with van der Waals surface area (Å²) in [5.74, 6) is 0.864. The van der Waals surface area contributed by atoms with Crippen LogP contribution in [-0.2, 0) is 0 Å². The smallest absolute Gasteiger partial charge is 0.251 e. The molecule has 0 aromatic heterocycles. The van der Waals surface area contributed by atoms with Crippen LogP contribution in [0, 0.1) is 0 Å². The van der Waals surface area contributed by atoms with Gasteiger partial charge in [-0.1, -0.05) is 0 Å². The molecule has 6 nitrogen and oxygen atoms in total. The maximum Gasteiger partial charge on any atom is 0.251 e. The first-order valence-corrected chi connectivity index (χ1v) is 10.9. The van der Waals surface area contributed by atoms with Gasteiger partial charge in [0.15, 0.2) is 0 Å². The highest BCUT2D eigenvalue weighted by Gasteiger charge is 2.22. The monoisotopic (exact) mass is 409 g/mol. The van der Waals surface area contributed by atoms with Crippen molar-refractivity contribution in [2.24, 2.45) is 0 Å². The van der Waals surface area contributed by atoms with Crippen molar-refractivity contribution in [3.8, 4) is 5.75 Å². The maximum absolute atomic E-state index is 12.7. The molecular weight excluding hydrogens is 378 g/mol. The summed E-state index contributed by atoms with van der Waals surface area (Å²) >= 11 is 0. The lowest BCUT2D eigenvalue weighted by atomic mass is 10.0. The minimum absolute atomic E-state index is 0.00138. The van der Waals surface area contributed by atoms with Crippen LogP contribution >= 0.6 is 0 Å². The number of ether oxygens (including phenoxy) is 1. The standard InChI is InChI=1S/C24H31N3O3/c1-30-23-8-6-21(7-9-23)26-14-10-19(11-15-26)25-24(29)18-2-4-20(5-3-18)27-16-12-22(28)13-17-27/h2-9,19,22,28H,10-17H2,1H3,(H,25,29). The van der Waals surface area contributed by atoms with E-state index in [2.05, 4.69) is 27.2 Å². The van der Waals surface area contributed by atoms with E-state index in [0.29, 0.717) is 5.56 Å². The van der Waals surface area contributed by atoms with Crippen LogP contribution < -0.4 is 19.9 Å². The van der Waals surface area contributed by atoms with Crippen LogP contribution in [0.3, 0.4) is 0 Å². The van der Waals surface area contributed by atoms with Gasteiger partial charge in [-0.2, -0.15) is 0 Å². The number of nitrogens with one attached hydrogen (secondary N) is 1. The van der Waals surface area contributed by atoms with E-state index in [1.807, 2.05) is 36.4 Å². The predicted octanol–water partition coefficient (Wildman–Crippen LogP) is 3.06. The third-order valence-corrected chi connectivity index (χ3v) is 6.23. The number of carbonyl (C=O) groups excluding carboxylic acids is 1. The second-order valence-electron chi connectivity index (χ2n) is 8.20. The Morgan fingerprint density at radius 2 is 1.37 bits per heavy atom.